The van der Waals surface area contributed by atoms with Crippen molar-refractivity contribution in [1.29, 1.82) is 0 Å². The molecule has 0 saturated carbocycles. The molecule has 0 saturated heterocycles. The molecule has 0 radical (unpaired) electrons. The highest BCUT2D eigenvalue weighted by Crippen LogP contribution is 2.17. The summed E-state index contributed by atoms with van der Waals surface area (Å²) in [5.41, 5.74) is 0.525. The molecule has 0 aliphatic heterocycles. The first kappa shape index (κ1) is 19.6. The van der Waals surface area contributed by atoms with Gasteiger partial charge in [-0.2, -0.15) is 0 Å². The molecular weight excluding hydrogens is 332 g/mol. The molecule has 0 aliphatic carbocycles. The third-order valence-corrected chi connectivity index (χ3v) is 3.91. The van der Waals surface area contributed by atoms with E-state index in [-0.39, 0.29) is 5.97 Å². The molecular formula is C21H26O5. The van der Waals surface area contributed by atoms with E-state index in [1.54, 1.807) is 31.4 Å². The molecule has 26 heavy (non-hydrogen) atoms. The predicted molar refractivity (Wildman–Crippen MR) is 100 cm³/mol. The standard InChI is InChI=1S/C21H26O5/c1-23-18-11-13-20(14-12-18)26-16-6-4-3-5-15-25-19-9-7-17(8-10-19)21(22)24-2/h7-14H,3-6,15-16H2,1-2H3. The number of carbonyl (C=O) groups is 1. The summed E-state index contributed by atoms with van der Waals surface area (Å²) in [6.45, 7) is 1.37. The van der Waals surface area contributed by atoms with Gasteiger partial charge in [-0.25, -0.2) is 4.79 Å². The van der Waals surface area contributed by atoms with Crippen LogP contribution < -0.4 is 14.2 Å². The molecule has 0 bridgehead atoms. The largest absolute Gasteiger partial charge is 0.497 e. The maximum atomic E-state index is 11.4. The number of esters is 1. The van der Waals surface area contributed by atoms with Gasteiger partial charge in [-0.15, -0.1) is 0 Å². The van der Waals surface area contributed by atoms with Crippen LogP contribution in [0.3, 0.4) is 0 Å². The zero-order valence-corrected chi connectivity index (χ0v) is 15.4. The highest BCUT2D eigenvalue weighted by Gasteiger charge is 2.04. The zero-order valence-electron chi connectivity index (χ0n) is 15.4. The number of benzene rings is 2. The minimum absolute atomic E-state index is 0.339. The number of unbranched alkanes of at least 4 members (excludes halogenated alkanes) is 3. The monoisotopic (exact) mass is 358 g/mol. The first-order valence-electron chi connectivity index (χ1n) is 8.81. The van der Waals surface area contributed by atoms with Gasteiger partial charge in [-0.05, 0) is 74.2 Å². The van der Waals surface area contributed by atoms with E-state index < -0.39 is 0 Å². The van der Waals surface area contributed by atoms with Gasteiger partial charge >= 0.3 is 5.97 Å². The Hall–Kier alpha value is -2.69. The van der Waals surface area contributed by atoms with Crippen LogP contribution in [0.25, 0.3) is 0 Å². The Balaban J connectivity index is 1.52. The second kappa shape index (κ2) is 11.0. The summed E-state index contributed by atoms with van der Waals surface area (Å²) in [4.78, 5) is 11.4. The highest BCUT2D eigenvalue weighted by molar-refractivity contribution is 5.89. The maximum absolute atomic E-state index is 11.4. The first-order valence-corrected chi connectivity index (χ1v) is 8.81. The van der Waals surface area contributed by atoms with Crippen LogP contribution in [0, 0.1) is 0 Å². The van der Waals surface area contributed by atoms with Crippen molar-refractivity contribution in [2.75, 3.05) is 27.4 Å². The van der Waals surface area contributed by atoms with Crippen LogP contribution in [-0.2, 0) is 4.74 Å². The normalized spacial score (nSPS) is 10.2. The van der Waals surface area contributed by atoms with Crippen molar-refractivity contribution in [3.8, 4) is 17.2 Å². The van der Waals surface area contributed by atoms with Crippen LogP contribution in [0.1, 0.15) is 36.0 Å². The minimum atomic E-state index is -0.339. The highest BCUT2D eigenvalue weighted by atomic mass is 16.5. The van der Waals surface area contributed by atoms with Crippen molar-refractivity contribution in [2.45, 2.75) is 25.7 Å². The molecule has 0 heterocycles. The third kappa shape index (κ3) is 6.67. The number of rotatable bonds is 11. The molecule has 5 nitrogen and oxygen atoms in total. The molecule has 0 fully saturated rings. The topological polar surface area (TPSA) is 54.0 Å². The fraction of sp³-hybridized carbons (Fsp3) is 0.381. The fourth-order valence-corrected chi connectivity index (χ4v) is 2.41. The van der Waals surface area contributed by atoms with Gasteiger partial charge in [0, 0.05) is 0 Å². The van der Waals surface area contributed by atoms with Gasteiger partial charge < -0.3 is 18.9 Å². The number of methoxy groups -OCH3 is 2. The van der Waals surface area contributed by atoms with E-state index in [4.69, 9.17) is 14.2 Å². The number of carbonyl (C=O) groups excluding carboxylic acids is 1. The quantitative estimate of drug-likeness (QED) is 0.437. The average Bonchev–Trinajstić information content (AvgIpc) is 2.70. The molecule has 0 N–H and O–H groups in total. The van der Waals surface area contributed by atoms with Crippen molar-refractivity contribution in [3.05, 3.63) is 54.1 Å². The predicted octanol–water partition coefficient (Wildman–Crippen LogP) is 4.50. The molecule has 140 valence electrons. The molecule has 0 aliphatic rings. The van der Waals surface area contributed by atoms with E-state index in [1.165, 1.54) is 7.11 Å². The minimum Gasteiger partial charge on any atom is -0.497 e. The van der Waals surface area contributed by atoms with Gasteiger partial charge in [0.25, 0.3) is 0 Å². The summed E-state index contributed by atoms with van der Waals surface area (Å²) in [5.74, 6) is 2.12. The molecule has 0 spiro atoms. The Morgan fingerprint density at radius 1 is 0.692 bits per heavy atom. The second-order valence-electron chi connectivity index (χ2n) is 5.80. The Morgan fingerprint density at radius 2 is 1.15 bits per heavy atom. The number of hydrogen-bond donors (Lipinski definition) is 0. The van der Waals surface area contributed by atoms with Gasteiger partial charge in [-0.1, -0.05) is 0 Å². The van der Waals surface area contributed by atoms with Gasteiger partial charge in [-0.3, -0.25) is 0 Å². The van der Waals surface area contributed by atoms with Gasteiger partial charge in [0.1, 0.15) is 17.2 Å². The van der Waals surface area contributed by atoms with E-state index in [0.717, 1.165) is 42.9 Å². The van der Waals surface area contributed by atoms with Crippen molar-refractivity contribution in [2.24, 2.45) is 0 Å². The molecule has 0 atom stereocenters. The van der Waals surface area contributed by atoms with Crippen molar-refractivity contribution >= 4 is 5.97 Å². The van der Waals surface area contributed by atoms with Gasteiger partial charge in [0.2, 0.25) is 0 Å². The van der Waals surface area contributed by atoms with Crippen LogP contribution in [-0.4, -0.2) is 33.4 Å². The number of ether oxygens (including phenoxy) is 4. The lowest BCUT2D eigenvalue weighted by molar-refractivity contribution is 0.0600. The van der Waals surface area contributed by atoms with E-state index in [0.29, 0.717) is 18.8 Å². The van der Waals surface area contributed by atoms with Gasteiger partial charge in [0.05, 0.1) is 33.0 Å². The van der Waals surface area contributed by atoms with Crippen LogP contribution in [0.2, 0.25) is 0 Å². The summed E-state index contributed by atoms with van der Waals surface area (Å²) in [6.07, 6.45) is 4.19. The molecule has 0 aromatic heterocycles. The first-order chi connectivity index (χ1) is 12.7. The summed E-state index contributed by atoms with van der Waals surface area (Å²) < 4.78 is 21.2. The summed E-state index contributed by atoms with van der Waals surface area (Å²) in [5, 5.41) is 0. The molecule has 5 heteroatoms. The lowest BCUT2D eigenvalue weighted by atomic mass is 10.2. The van der Waals surface area contributed by atoms with Crippen LogP contribution in [0.5, 0.6) is 17.2 Å². The van der Waals surface area contributed by atoms with E-state index >= 15 is 0 Å². The lowest BCUT2D eigenvalue weighted by Crippen LogP contribution is -2.02. The van der Waals surface area contributed by atoms with E-state index in [9.17, 15) is 4.79 Å². The Kier molecular flexibility index (Phi) is 8.33. The van der Waals surface area contributed by atoms with E-state index in [1.807, 2.05) is 24.3 Å². The molecule has 2 aromatic carbocycles. The SMILES string of the molecule is COC(=O)c1ccc(OCCCCCCOc2ccc(OC)cc2)cc1. The fourth-order valence-electron chi connectivity index (χ4n) is 2.41. The summed E-state index contributed by atoms with van der Waals surface area (Å²) in [7, 11) is 3.02. The van der Waals surface area contributed by atoms with Crippen molar-refractivity contribution in [3.63, 3.8) is 0 Å². The Morgan fingerprint density at radius 3 is 1.62 bits per heavy atom. The molecule has 0 unspecified atom stereocenters. The van der Waals surface area contributed by atoms with Crippen LogP contribution in [0.15, 0.2) is 48.5 Å². The second-order valence-corrected chi connectivity index (χ2v) is 5.80. The Labute approximate surface area is 154 Å². The molecule has 2 rings (SSSR count). The number of hydrogen-bond acceptors (Lipinski definition) is 5. The van der Waals surface area contributed by atoms with Crippen molar-refractivity contribution in [1.82, 2.24) is 0 Å². The van der Waals surface area contributed by atoms with Crippen LogP contribution >= 0.6 is 0 Å². The van der Waals surface area contributed by atoms with Crippen molar-refractivity contribution < 1.29 is 23.7 Å². The van der Waals surface area contributed by atoms with Gasteiger partial charge in [0.15, 0.2) is 0 Å². The smallest absolute Gasteiger partial charge is 0.337 e. The molecule has 2 aromatic rings. The average molecular weight is 358 g/mol. The zero-order chi connectivity index (χ0) is 18.6. The summed E-state index contributed by atoms with van der Waals surface area (Å²) >= 11 is 0. The Bertz CT molecular complexity index is 649. The maximum Gasteiger partial charge on any atom is 0.337 e. The lowest BCUT2D eigenvalue weighted by Gasteiger charge is -2.08. The molecule has 0 amide bonds. The third-order valence-electron chi connectivity index (χ3n) is 3.91. The van der Waals surface area contributed by atoms with E-state index in [2.05, 4.69) is 4.74 Å². The summed E-state index contributed by atoms with van der Waals surface area (Å²) in [6, 6.07) is 14.6. The van der Waals surface area contributed by atoms with Crippen LogP contribution in [0.4, 0.5) is 0 Å².